The van der Waals surface area contributed by atoms with Gasteiger partial charge in [0, 0.05) is 17.9 Å². The van der Waals surface area contributed by atoms with E-state index in [1.807, 2.05) is 0 Å². The van der Waals surface area contributed by atoms with Crippen LogP contribution in [0.1, 0.15) is 86.0 Å². The maximum atomic E-state index is 12.8. The monoisotopic (exact) mass is 526 g/mol. The standard InChI is InChI=1S/C35H46O2Si/c1-33(2,3)38(27-12-8-6-9-13-27,28-14-10-7-11-15-28)37-26-20-22-34(4)25(24-26)16-17-29-30-18-19-32(36)35(30,5)23-21-31(29)34/h6-16,26,29-31H,17-24H2,1-5H3/t26?,29-,30-,31+,34-,35-/m0/s1. The summed E-state index contributed by atoms with van der Waals surface area (Å²) >= 11 is 0. The van der Waals surface area contributed by atoms with Crippen LogP contribution in [0, 0.1) is 28.6 Å². The second kappa shape index (κ2) is 9.30. The molecule has 2 aromatic carbocycles. The topological polar surface area (TPSA) is 26.3 Å². The van der Waals surface area contributed by atoms with Gasteiger partial charge in [0.05, 0.1) is 0 Å². The molecule has 1 unspecified atom stereocenters. The molecule has 3 heteroatoms. The van der Waals surface area contributed by atoms with Gasteiger partial charge in [-0.15, -0.1) is 0 Å². The molecule has 2 nitrogen and oxygen atoms in total. The zero-order valence-corrected chi connectivity index (χ0v) is 25.1. The lowest BCUT2D eigenvalue weighted by Gasteiger charge is -2.57. The summed E-state index contributed by atoms with van der Waals surface area (Å²) in [7, 11) is -2.55. The van der Waals surface area contributed by atoms with Gasteiger partial charge in [-0.1, -0.05) is 107 Å². The first-order valence-electron chi connectivity index (χ1n) is 15.1. The molecule has 0 aromatic heterocycles. The smallest absolute Gasteiger partial charge is 0.261 e. The van der Waals surface area contributed by atoms with Crippen LogP contribution in [0.4, 0.5) is 0 Å². The molecule has 0 heterocycles. The maximum absolute atomic E-state index is 12.8. The molecular formula is C35H46O2Si. The summed E-state index contributed by atoms with van der Waals surface area (Å²) in [5.41, 5.74) is 1.87. The zero-order chi connectivity index (χ0) is 26.8. The van der Waals surface area contributed by atoms with E-state index < -0.39 is 8.32 Å². The molecule has 0 bridgehead atoms. The van der Waals surface area contributed by atoms with Crippen molar-refractivity contribution in [1.29, 1.82) is 0 Å². The fourth-order valence-electron chi connectivity index (χ4n) is 9.44. The van der Waals surface area contributed by atoms with Gasteiger partial charge in [0.25, 0.3) is 8.32 Å². The van der Waals surface area contributed by atoms with E-state index >= 15 is 0 Å². The van der Waals surface area contributed by atoms with Crippen molar-refractivity contribution in [2.24, 2.45) is 28.6 Å². The fraction of sp³-hybridized carbons (Fsp3) is 0.571. The quantitative estimate of drug-likeness (QED) is 0.305. The molecule has 0 amide bonds. The van der Waals surface area contributed by atoms with E-state index in [-0.39, 0.29) is 22.0 Å². The summed E-state index contributed by atoms with van der Waals surface area (Å²) in [6.07, 6.45) is 11.7. The predicted molar refractivity (Wildman–Crippen MR) is 159 cm³/mol. The van der Waals surface area contributed by atoms with Gasteiger partial charge in [0.1, 0.15) is 5.78 Å². The van der Waals surface area contributed by atoms with Gasteiger partial charge >= 0.3 is 0 Å². The van der Waals surface area contributed by atoms with E-state index in [2.05, 4.69) is 101 Å². The highest BCUT2D eigenvalue weighted by Gasteiger charge is 2.59. The van der Waals surface area contributed by atoms with E-state index in [0.717, 1.165) is 44.4 Å². The number of hydrogen-bond donors (Lipinski definition) is 0. The SMILES string of the molecule is CC(C)(C)[Si](OC1CC[C@@]2(C)C(=CC[C@@H]3[C@H]2CC[C@]2(C)C(=O)CC[C@@H]32)C1)(c1ccccc1)c1ccccc1. The Morgan fingerprint density at radius 1 is 0.816 bits per heavy atom. The van der Waals surface area contributed by atoms with E-state index in [9.17, 15) is 4.79 Å². The maximum Gasteiger partial charge on any atom is 0.261 e. The van der Waals surface area contributed by atoms with E-state index in [0.29, 0.717) is 17.6 Å². The average molecular weight is 527 g/mol. The van der Waals surface area contributed by atoms with Crippen molar-refractivity contribution in [2.45, 2.75) is 97.1 Å². The molecule has 0 saturated heterocycles. The first kappa shape index (κ1) is 26.3. The summed E-state index contributed by atoms with van der Waals surface area (Å²) in [5, 5.41) is 2.76. The number of carbonyl (C=O) groups excluding carboxylic acids is 1. The second-order valence-electron chi connectivity index (χ2n) is 14.3. The second-order valence-corrected chi connectivity index (χ2v) is 18.6. The first-order chi connectivity index (χ1) is 18.1. The third-order valence-corrected chi connectivity index (χ3v) is 16.6. The summed E-state index contributed by atoms with van der Waals surface area (Å²) < 4.78 is 7.60. The normalized spacial score (nSPS) is 35.2. The lowest BCUT2D eigenvalue weighted by Crippen LogP contribution is -2.68. The molecule has 0 aliphatic heterocycles. The van der Waals surface area contributed by atoms with Gasteiger partial charge in [0.2, 0.25) is 0 Å². The van der Waals surface area contributed by atoms with E-state index in [1.54, 1.807) is 5.57 Å². The molecule has 6 rings (SSSR count). The molecular weight excluding hydrogens is 480 g/mol. The number of hydrogen-bond acceptors (Lipinski definition) is 2. The summed E-state index contributed by atoms with van der Waals surface area (Å²) in [6.45, 7) is 12.0. The third kappa shape index (κ3) is 3.86. The minimum absolute atomic E-state index is 0.00529. The molecule has 0 N–H and O–H groups in total. The Morgan fingerprint density at radius 2 is 1.39 bits per heavy atom. The lowest BCUT2D eigenvalue weighted by atomic mass is 9.48. The number of allylic oxidation sites excluding steroid dienone is 1. The minimum Gasteiger partial charge on any atom is -0.404 e. The van der Waals surface area contributed by atoms with Crippen LogP contribution < -0.4 is 10.4 Å². The summed E-state index contributed by atoms with van der Waals surface area (Å²) in [6, 6.07) is 22.2. The predicted octanol–water partition coefficient (Wildman–Crippen LogP) is 7.46. The Hall–Kier alpha value is -1.97. The highest BCUT2D eigenvalue weighted by atomic mass is 28.4. The van der Waals surface area contributed by atoms with Gasteiger partial charge in [-0.05, 0) is 83.5 Å². The van der Waals surface area contributed by atoms with Gasteiger partial charge in [-0.3, -0.25) is 4.79 Å². The van der Waals surface area contributed by atoms with Crippen LogP contribution in [0.5, 0.6) is 0 Å². The highest BCUT2D eigenvalue weighted by molar-refractivity contribution is 6.99. The van der Waals surface area contributed by atoms with Crippen LogP contribution >= 0.6 is 0 Å². The first-order valence-corrected chi connectivity index (χ1v) is 17.0. The Morgan fingerprint density at radius 3 is 2.00 bits per heavy atom. The minimum atomic E-state index is -2.55. The number of fused-ring (bicyclic) bond motifs is 5. The van der Waals surface area contributed by atoms with Crippen molar-refractivity contribution in [1.82, 2.24) is 0 Å². The number of ketones is 1. The highest BCUT2D eigenvalue weighted by Crippen LogP contribution is 2.64. The number of Topliss-reactive ketones (excluding diaryl/α,β-unsaturated/α-hetero) is 1. The van der Waals surface area contributed by atoms with Crippen LogP contribution in [0.3, 0.4) is 0 Å². The molecule has 4 aliphatic carbocycles. The fourth-order valence-corrected chi connectivity index (χ4v) is 14.2. The van der Waals surface area contributed by atoms with Crippen LogP contribution in [0.15, 0.2) is 72.3 Å². The molecule has 6 atom stereocenters. The molecule has 0 spiro atoms. The Kier molecular flexibility index (Phi) is 6.43. The van der Waals surface area contributed by atoms with Crippen LogP contribution in [0.25, 0.3) is 0 Å². The van der Waals surface area contributed by atoms with E-state index in [1.165, 1.54) is 23.2 Å². The molecule has 202 valence electrons. The van der Waals surface area contributed by atoms with Crippen molar-refractivity contribution >= 4 is 24.5 Å². The molecule has 0 radical (unpaired) electrons. The Labute approximate surface area is 231 Å². The largest absolute Gasteiger partial charge is 0.404 e. The average Bonchev–Trinajstić information content (AvgIpc) is 3.22. The molecule has 3 saturated carbocycles. The lowest BCUT2D eigenvalue weighted by molar-refractivity contribution is -0.131. The van der Waals surface area contributed by atoms with Gasteiger partial charge in [-0.2, -0.15) is 0 Å². The number of benzene rings is 2. The van der Waals surface area contributed by atoms with Crippen molar-refractivity contribution in [3.05, 3.63) is 72.3 Å². The number of carbonyl (C=O) groups is 1. The molecule has 2 aromatic rings. The Balaban J connectivity index is 1.33. The summed E-state index contributed by atoms with van der Waals surface area (Å²) in [5.74, 6) is 2.54. The van der Waals surface area contributed by atoms with Crippen molar-refractivity contribution < 1.29 is 9.22 Å². The van der Waals surface area contributed by atoms with Gasteiger partial charge < -0.3 is 4.43 Å². The van der Waals surface area contributed by atoms with Crippen LogP contribution in [-0.2, 0) is 9.22 Å². The van der Waals surface area contributed by atoms with Crippen molar-refractivity contribution in [3.8, 4) is 0 Å². The van der Waals surface area contributed by atoms with Crippen LogP contribution in [-0.4, -0.2) is 20.2 Å². The zero-order valence-electron chi connectivity index (χ0n) is 24.1. The molecule has 3 fully saturated rings. The number of rotatable bonds is 4. The molecule has 38 heavy (non-hydrogen) atoms. The Bertz CT molecular complexity index is 1170. The summed E-state index contributed by atoms with van der Waals surface area (Å²) in [4.78, 5) is 12.8. The van der Waals surface area contributed by atoms with E-state index in [4.69, 9.17) is 4.43 Å². The third-order valence-electron chi connectivity index (χ3n) is 11.5. The van der Waals surface area contributed by atoms with Crippen molar-refractivity contribution in [3.63, 3.8) is 0 Å². The van der Waals surface area contributed by atoms with Gasteiger partial charge in [0.15, 0.2) is 0 Å². The molecule has 4 aliphatic rings. The van der Waals surface area contributed by atoms with Crippen molar-refractivity contribution in [2.75, 3.05) is 0 Å². The van der Waals surface area contributed by atoms with Gasteiger partial charge in [-0.25, -0.2) is 0 Å². The van der Waals surface area contributed by atoms with Crippen LogP contribution in [0.2, 0.25) is 5.04 Å².